The molecule has 0 aliphatic heterocycles. The van der Waals surface area contributed by atoms with Gasteiger partial charge in [-0.25, -0.2) is 9.97 Å². The Balaban J connectivity index is 1.70. The molecule has 134 valence electrons. The van der Waals surface area contributed by atoms with Gasteiger partial charge in [-0.1, -0.05) is 18.2 Å². The van der Waals surface area contributed by atoms with Crippen molar-refractivity contribution in [3.63, 3.8) is 0 Å². The lowest BCUT2D eigenvalue weighted by atomic mass is 10.0. The minimum absolute atomic E-state index is 0.141. The third-order valence-corrected chi connectivity index (χ3v) is 4.46. The Labute approximate surface area is 156 Å². The normalized spacial score (nSPS) is 10.9. The summed E-state index contributed by atoms with van der Waals surface area (Å²) in [7, 11) is 3.93. The second-order valence-electron chi connectivity index (χ2n) is 6.55. The number of benzene rings is 1. The van der Waals surface area contributed by atoms with E-state index >= 15 is 0 Å². The molecule has 0 fully saturated rings. The van der Waals surface area contributed by atoms with Gasteiger partial charge in [0.1, 0.15) is 5.82 Å². The maximum absolute atomic E-state index is 12.4. The fourth-order valence-electron chi connectivity index (χ4n) is 3.03. The first-order chi connectivity index (χ1) is 13.1. The average molecular weight is 357 g/mol. The van der Waals surface area contributed by atoms with Crippen molar-refractivity contribution in [3.05, 3.63) is 83.2 Å². The predicted molar refractivity (Wildman–Crippen MR) is 107 cm³/mol. The van der Waals surface area contributed by atoms with Gasteiger partial charge in [0, 0.05) is 32.1 Å². The fraction of sp³-hybridized carbons (Fsp3) is 0.143. The Morgan fingerprint density at radius 2 is 1.85 bits per heavy atom. The van der Waals surface area contributed by atoms with Crippen LogP contribution in [0.25, 0.3) is 22.2 Å². The highest BCUT2D eigenvalue weighted by Crippen LogP contribution is 2.22. The number of rotatable bonds is 4. The Hall–Kier alpha value is -3.54. The Morgan fingerprint density at radius 3 is 2.63 bits per heavy atom. The van der Waals surface area contributed by atoms with Gasteiger partial charge in [-0.15, -0.1) is 0 Å². The van der Waals surface area contributed by atoms with Crippen LogP contribution >= 0.6 is 0 Å². The second-order valence-corrected chi connectivity index (χ2v) is 6.55. The van der Waals surface area contributed by atoms with E-state index in [-0.39, 0.29) is 5.56 Å². The van der Waals surface area contributed by atoms with Gasteiger partial charge in [0.15, 0.2) is 0 Å². The molecule has 0 aliphatic rings. The largest absolute Gasteiger partial charge is 0.363 e. The summed E-state index contributed by atoms with van der Waals surface area (Å²) in [5.41, 5.74) is 4.48. The van der Waals surface area contributed by atoms with E-state index < -0.39 is 0 Å². The summed E-state index contributed by atoms with van der Waals surface area (Å²) >= 11 is 0. The maximum atomic E-state index is 12.4. The lowest BCUT2D eigenvalue weighted by Gasteiger charge is -2.12. The standard InChI is InChI=1S/C21H19N5O/c1-25(2)20-7-6-17(11-24-20)16-5-3-4-15(10-16)14-26-19-12-22-9-8-18(19)23-13-21(26)27/h3-13H,14H2,1-2H3. The number of fused-ring (bicyclic) bond motifs is 1. The monoisotopic (exact) mass is 357 g/mol. The number of nitrogens with zero attached hydrogens (tertiary/aromatic N) is 5. The summed E-state index contributed by atoms with van der Waals surface area (Å²) in [4.78, 5) is 27.1. The van der Waals surface area contributed by atoms with E-state index in [2.05, 4.69) is 27.1 Å². The van der Waals surface area contributed by atoms with Gasteiger partial charge in [0.2, 0.25) is 0 Å². The smallest absolute Gasteiger partial charge is 0.269 e. The first-order valence-electron chi connectivity index (χ1n) is 8.64. The maximum Gasteiger partial charge on any atom is 0.269 e. The predicted octanol–water partition coefficient (Wildman–Crippen LogP) is 2.97. The van der Waals surface area contributed by atoms with Crippen molar-refractivity contribution in [1.82, 2.24) is 19.5 Å². The Kier molecular flexibility index (Phi) is 4.38. The first-order valence-corrected chi connectivity index (χ1v) is 8.64. The Bertz CT molecular complexity index is 1150. The van der Waals surface area contributed by atoms with Crippen LogP contribution in [0.4, 0.5) is 5.82 Å². The zero-order chi connectivity index (χ0) is 18.8. The average Bonchev–Trinajstić information content (AvgIpc) is 2.70. The highest BCUT2D eigenvalue weighted by Gasteiger charge is 2.07. The molecule has 0 saturated carbocycles. The summed E-state index contributed by atoms with van der Waals surface area (Å²) in [6.07, 6.45) is 6.58. The topological polar surface area (TPSA) is 63.9 Å². The van der Waals surface area contributed by atoms with Crippen molar-refractivity contribution in [2.45, 2.75) is 6.54 Å². The first kappa shape index (κ1) is 16.9. The zero-order valence-electron chi connectivity index (χ0n) is 15.2. The van der Waals surface area contributed by atoms with Crippen LogP contribution in [-0.4, -0.2) is 33.6 Å². The van der Waals surface area contributed by atoms with Crippen LogP contribution in [0.3, 0.4) is 0 Å². The molecule has 0 bridgehead atoms. The van der Waals surface area contributed by atoms with Crippen molar-refractivity contribution in [2.24, 2.45) is 0 Å². The lowest BCUT2D eigenvalue weighted by molar-refractivity contribution is 0.785. The molecule has 0 atom stereocenters. The molecular formula is C21H19N5O. The fourth-order valence-corrected chi connectivity index (χ4v) is 3.03. The third-order valence-electron chi connectivity index (χ3n) is 4.46. The molecule has 0 radical (unpaired) electrons. The molecule has 0 amide bonds. The van der Waals surface area contributed by atoms with Crippen LogP contribution in [0.2, 0.25) is 0 Å². The number of aromatic nitrogens is 4. The summed E-state index contributed by atoms with van der Waals surface area (Å²) in [5, 5.41) is 0. The van der Waals surface area contributed by atoms with E-state index in [1.54, 1.807) is 23.0 Å². The van der Waals surface area contributed by atoms with Gasteiger partial charge in [0.05, 0.1) is 30.0 Å². The van der Waals surface area contributed by atoms with Gasteiger partial charge < -0.3 is 4.90 Å². The van der Waals surface area contributed by atoms with E-state index in [0.29, 0.717) is 6.54 Å². The van der Waals surface area contributed by atoms with Gasteiger partial charge in [-0.05, 0) is 35.4 Å². The quantitative estimate of drug-likeness (QED) is 0.562. The second kappa shape index (κ2) is 6.99. The van der Waals surface area contributed by atoms with Crippen molar-refractivity contribution in [2.75, 3.05) is 19.0 Å². The minimum Gasteiger partial charge on any atom is -0.363 e. The lowest BCUT2D eigenvalue weighted by Crippen LogP contribution is -2.21. The van der Waals surface area contributed by atoms with Gasteiger partial charge in [-0.3, -0.25) is 14.3 Å². The van der Waals surface area contributed by atoms with Crippen molar-refractivity contribution in [3.8, 4) is 11.1 Å². The highest BCUT2D eigenvalue weighted by atomic mass is 16.1. The van der Waals surface area contributed by atoms with Crippen LogP contribution in [0, 0.1) is 0 Å². The summed E-state index contributed by atoms with van der Waals surface area (Å²) in [6.45, 7) is 0.459. The van der Waals surface area contributed by atoms with E-state index in [0.717, 1.165) is 33.5 Å². The molecule has 27 heavy (non-hydrogen) atoms. The molecule has 3 aromatic heterocycles. The van der Waals surface area contributed by atoms with E-state index in [1.807, 2.05) is 49.5 Å². The number of hydrogen-bond donors (Lipinski definition) is 0. The van der Waals surface area contributed by atoms with Gasteiger partial charge in [-0.2, -0.15) is 0 Å². The minimum atomic E-state index is -0.141. The number of anilines is 1. The molecule has 0 N–H and O–H groups in total. The molecule has 0 aliphatic carbocycles. The molecule has 6 nitrogen and oxygen atoms in total. The molecule has 4 rings (SSSR count). The molecule has 3 heterocycles. The van der Waals surface area contributed by atoms with Crippen molar-refractivity contribution in [1.29, 1.82) is 0 Å². The van der Waals surface area contributed by atoms with E-state index in [4.69, 9.17) is 0 Å². The molecule has 0 spiro atoms. The van der Waals surface area contributed by atoms with Crippen molar-refractivity contribution >= 4 is 16.9 Å². The van der Waals surface area contributed by atoms with Crippen LogP contribution in [0.15, 0.2) is 72.0 Å². The SMILES string of the molecule is CN(C)c1ccc(-c2cccc(Cn3c(=O)cnc4ccncc43)c2)cn1. The van der Waals surface area contributed by atoms with Crippen LogP contribution in [0.1, 0.15) is 5.56 Å². The summed E-state index contributed by atoms with van der Waals surface area (Å²) in [6, 6.07) is 14.0. The molecule has 1 aromatic carbocycles. The van der Waals surface area contributed by atoms with Crippen LogP contribution in [0.5, 0.6) is 0 Å². The molecular weight excluding hydrogens is 338 g/mol. The van der Waals surface area contributed by atoms with E-state index in [1.165, 1.54) is 6.20 Å². The van der Waals surface area contributed by atoms with E-state index in [9.17, 15) is 4.79 Å². The number of pyridine rings is 2. The summed E-state index contributed by atoms with van der Waals surface area (Å²) in [5.74, 6) is 0.914. The van der Waals surface area contributed by atoms with Gasteiger partial charge in [0.25, 0.3) is 5.56 Å². The van der Waals surface area contributed by atoms with Gasteiger partial charge >= 0.3 is 0 Å². The molecule has 0 saturated heterocycles. The highest BCUT2D eigenvalue weighted by molar-refractivity contribution is 5.73. The number of hydrogen-bond acceptors (Lipinski definition) is 5. The summed E-state index contributed by atoms with van der Waals surface area (Å²) < 4.78 is 1.70. The van der Waals surface area contributed by atoms with Crippen molar-refractivity contribution < 1.29 is 0 Å². The third kappa shape index (κ3) is 3.42. The van der Waals surface area contributed by atoms with Crippen LogP contribution < -0.4 is 10.5 Å². The molecule has 6 heteroatoms. The zero-order valence-corrected chi connectivity index (χ0v) is 15.2. The Morgan fingerprint density at radius 1 is 0.963 bits per heavy atom. The molecule has 0 unspecified atom stereocenters. The molecule has 4 aromatic rings. The van der Waals surface area contributed by atoms with Crippen LogP contribution in [-0.2, 0) is 6.54 Å².